The molecule has 0 amide bonds. The highest BCUT2D eigenvalue weighted by atomic mass is 35.5. The molecule has 2 saturated heterocycles. The average Bonchev–Trinajstić information content (AvgIpc) is 2.60. The molecular formula is C9H17ClN2O. The van der Waals surface area contributed by atoms with Gasteiger partial charge in [-0.05, 0) is 26.8 Å². The van der Waals surface area contributed by atoms with E-state index in [-0.39, 0.29) is 18.5 Å². The van der Waals surface area contributed by atoms with Crippen LogP contribution in [0.1, 0.15) is 20.3 Å². The van der Waals surface area contributed by atoms with E-state index in [4.69, 9.17) is 4.84 Å². The van der Waals surface area contributed by atoms with Gasteiger partial charge in [0.05, 0.1) is 5.71 Å². The first-order valence-corrected chi connectivity index (χ1v) is 4.70. The van der Waals surface area contributed by atoms with Crippen LogP contribution in [0.5, 0.6) is 0 Å². The minimum atomic E-state index is 0. The third-order valence-corrected chi connectivity index (χ3v) is 2.51. The Morgan fingerprint density at radius 1 is 1.54 bits per heavy atom. The molecule has 13 heavy (non-hydrogen) atoms. The zero-order valence-corrected chi connectivity index (χ0v) is 9.01. The van der Waals surface area contributed by atoms with E-state index >= 15 is 0 Å². The normalized spacial score (nSPS) is 33.9. The van der Waals surface area contributed by atoms with Crippen LogP contribution in [-0.4, -0.2) is 36.3 Å². The lowest BCUT2D eigenvalue weighted by Crippen LogP contribution is -2.23. The maximum absolute atomic E-state index is 5.24. The molecule has 2 unspecified atom stereocenters. The van der Waals surface area contributed by atoms with Gasteiger partial charge in [-0.15, -0.1) is 12.4 Å². The SMILES string of the molecule is CC(C)ON=C1CN2CCC1C2.Cl. The lowest BCUT2D eigenvalue weighted by molar-refractivity contribution is 0.0844. The topological polar surface area (TPSA) is 24.8 Å². The molecular weight excluding hydrogens is 188 g/mol. The summed E-state index contributed by atoms with van der Waals surface area (Å²) in [6.07, 6.45) is 1.49. The van der Waals surface area contributed by atoms with Crippen molar-refractivity contribution < 1.29 is 4.84 Å². The molecule has 3 nitrogen and oxygen atoms in total. The summed E-state index contributed by atoms with van der Waals surface area (Å²) in [5.74, 6) is 0.698. The highest BCUT2D eigenvalue weighted by molar-refractivity contribution is 5.91. The summed E-state index contributed by atoms with van der Waals surface area (Å²) in [7, 11) is 0. The molecule has 76 valence electrons. The van der Waals surface area contributed by atoms with Gasteiger partial charge in [-0.2, -0.15) is 0 Å². The van der Waals surface area contributed by atoms with Crippen LogP contribution in [0.4, 0.5) is 0 Å². The molecule has 0 radical (unpaired) electrons. The number of halogens is 1. The van der Waals surface area contributed by atoms with Crippen LogP contribution in [0, 0.1) is 5.92 Å². The number of hydrogen-bond acceptors (Lipinski definition) is 3. The molecule has 0 spiro atoms. The van der Waals surface area contributed by atoms with Crippen LogP contribution >= 0.6 is 12.4 Å². The number of nitrogens with zero attached hydrogens (tertiary/aromatic N) is 2. The van der Waals surface area contributed by atoms with E-state index in [1.165, 1.54) is 25.2 Å². The smallest absolute Gasteiger partial charge is 0.122 e. The van der Waals surface area contributed by atoms with Crippen LogP contribution in [-0.2, 0) is 4.84 Å². The van der Waals surface area contributed by atoms with Crippen LogP contribution in [0.15, 0.2) is 5.16 Å². The number of hydrogen-bond donors (Lipinski definition) is 0. The van der Waals surface area contributed by atoms with Crippen molar-refractivity contribution in [2.75, 3.05) is 19.6 Å². The standard InChI is InChI=1S/C9H16N2O.ClH/c1-7(2)12-10-9-6-11-4-3-8(9)5-11;/h7-8H,3-6H2,1-2H3;1H. The Morgan fingerprint density at radius 2 is 2.31 bits per heavy atom. The highest BCUT2D eigenvalue weighted by Gasteiger charge is 2.35. The lowest BCUT2D eigenvalue weighted by atomic mass is 10.0. The quantitative estimate of drug-likeness (QED) is 0.638. The summed E-state index contributed by atoms with van der Waals surface area (Å²) in [5.41, 5.74) is 1.26. The Morgan fingerprint density at radius 3 is 2.77 bits per heavy atom. The zero-order valence-electron chi connectivity index (χ0n) is 8.19. The second kappa shape index (κ2) is 4.29. The van der Waals surface area contributed by atoms with Crippen molar-refractivity contribution in [3.8, 4) is 0 Å². The molecule has 2 atom stereocenters. The fourth-order valence-corrected chi connectivity index (χ4v) is 1.88. The Hall–Kier alpha value is -0.280. The molecule has 2 aliphatic heterocycles. The third kappa shape index (κ3) is 2.35. The molecule has 0 aromatic carbocycles. The van der Waals surface area contributed by atoms with Crippen LogP contribution in [0.25, 0.3) is 0 Å². The van der Waals surface area contributed by atoms with Gasteiger partial charge in [0, 0.05) is 19.0 Å². The van der Waals surface area contributed by atoms with E-state index in [2.05, 4.69) is 10.1 Å². The average molecular weight is 205 g/mol. The van der Waals surface area contributed by atoms with E-state index in [1.54, 1.807) is 0 Å². The fraction of sp³-hybridized carbons (Fsp3) is 0.889. The molecule has 2 heterocycles. The van der Waals surface area contributed by atoms with E-state index in [0.717, 1.165) is 6.54 Å². The summed E-state index contributed by atoms with van der Waals surface area (Å²) >= 11 is 0. The van der Waals surface area contributed by atoms with E-state index in [0.29, 0.717) is 5.92 Å². The number of fused-ring (bicyclic) bond motifs is 2. The van der Waals surface area contributed by atoms with Gasteiger partial charge in [0.1, 0.15) is 6.10 Å². The van der Waals surface area contributed by atoms with E-state index in [9.17, 15) is 0 Å². The van der Waals surface area contributed by atoms with Crippen LogP contribution in [0.3, 0.4) is 0 Å². The van der Waals surface area contributed by atoms with Crippen molar-refractivity contribution in [1.82, 2.24) is 4.90 Å². The molecule has 0 aliphatic carbocycles. The van der Waals surface area contributed by atoms with Crippen molar-refractivity contribution >= 4 is 18.1 Å². The van der Waals surface area contributed by atoms with Crippen molar-refractivity contribution in [2.24, 2.45) is 11.1 Å². The van der Waals surface area contributed by atoms with Crippen LogP contribution in [0.2, 0.25) is 0 Å². The fourth-order valence-electron chi connectivity index (χ4n) is 1.88. The first kappa shape index (κ1) is 10.8. The summed E-state index contributed by atoms with van der Waals surface area (Å²) < 4.78 is 0. The van der Waals surface area contributed by atoms with Crippen molar-refractivity contribution in [3.63, 3.8) is 0 Å². The van der Waals surface area contributed by atoms with Crippen molar-refractivity contribution in [3.05, 3.63) is 0 Å². The summed E-state index contributed by atoms with van der Waals surface area (Å²) in [5, 5.41) is 4.18. The molecule has 0 saturated carbocycles. The minimum Gasteiger partial charge on any atom is -0.393 e. The van der Waals surface area contributed by atoms with Gasteiger partial charge in [-0.25, -0.2) is 0 Å². The Balaban J connectivity index is 0.000000845. The van der Waals surface area contributed by atoms with Gasteiger partial charge >= 0.3 is 0 Å². The molecule has 2 rings (SSSR count). The first-order chi connectivity index (χ1) is 5.75. The number of rotatable bonds is 2. The maximum atomic E-state index is 5.24. The van der Waals surface area contributed by atoms with Gasteiger partial charge in [-0.3, -0.25) is 4.90 Å². The Bertz CT molecular complexity index is 206. The lowest BCUT2D eigenvalue weighted by Gasteiger charge is -2.13. The van der Waals surface area contributed by atoms with Gasteiger partial charge in [-0.1, -0.05) is 5.16 Å². The maximum Gasteiger partial charge on any atom is 0.122 e. The molecule has 2 fully saturated rings. The van der Waals surface area contributed by atoms with Crippen molar-refractivity contribution in [1.29, 1.82) is 0 Å². The summed E-state index contributed by atoms with van der Waals surface area (Å²) in [6, 6.07) is 0. The second-order valence-corrected chi connectivity index (χ2v) is 3.96. The number of piperidine rings is 1. The van der Waals surface area contributed by atoms with Crippen molar-refractivity contribution in [2.45, 2.75) is 26.4 Å². The molecule has 0 aromatic heterocycles. The van der Waals surface area contributed by atoms with Gasteiger partial charge in [0.2, 0.25) is 0 Å². The number of oxime groups is 1. The molecule has 0 aromatic rings. The van der Waals surface area contributed by atoms with E-state index in [1.807, 2.05) is 13.8 Å². The molecule has 2 aliphatic rings. The predicted molar refractivity (Wildman–Crippen MR) is 55.5 cm³/mol. The predicted octanol–water partition coefficient (Wildman–Crippen LogP) is 1.52. The van der Waals surface area contributed by atoms with Gasteiger partial charge < -0.3 is 4.84 Å². The summed E-state index contributed by atoms with van der Waals surface area (Å²) in [4.78, 5) is 7.68. The highest BCUT2D eigenvalue weighted by Crippen LogP contribution is 2.25. The molecule has 0 N–H and O–H groups in total. The Labute approximate surface area is 85.5 Å². The largest absolute Gasteiger partial charge is 0.393 e. The second-order valence-electron chi connectivity index (χ2n) is 3.96. The summed E-state index contributed by atoms with van der Waals surface area (Å²) in [6.45, 7) is 7.53. The Kier molecular flexibility index (Phi) is 3.56. The van der Waals surface area contributed by atoms with Gasteiger partial charge in [0.15, 0.2) is 0 Å². The first-order valence-electron chi connectivity index (χ1n) is 4.70. The third-order valence-electron chi connectivity index (χ3n) is 2.51. The molecule has 4 heteroatoms. The molecule has 2 bridgehead atoms. The monoisotopic (exact) mass is 204 g/mol. The van der Waals surface area contributed by atoms with E-state index < -0.39 is 0 Å². The van der Waals surface area contributed by atoms with Gasteiger partial charge in [0.25, 0.3) is 0 Å². The van der Waals surface area contributed by atoms with Crippen LogP contribution < -0.4 is 0 Å². The minimum absolute atomic E-state index is 0. The zero-order chi connectivity index (χ0) is 8.55.